The molecule has 1 aliphatic rings. The minimum atomic E-state index is 0. The van der Waals surface area contributed by atoms with Crippen LogP contribution in [-0.4, -0.2) is 37.2 Å². The highest BCUT2D eigenvalue weighted by molar-refractivity contribution is 14.0. The van der Waals surface area contributed by atoms with E-state index < -0.39 is 0 Å². The molecule has 1 saturated carbocycles. The summed E-state index contributed by atoms with van der Waals surface area (Å²) in [6.45, 7) is 10.3. The molecule has 1 heterocycles. The SMILES string of the molecule is CCNC(=NCc1cccc(C)n1)NCC1(CCOCC)CCCC1.I. The fourth-order valence-corrected chi connectivity index (χ4v) is 3.53. The van der Waals surface area contributed by atoms with Crippen LogP contribution in [0.4, 0.5) is 0 Å². The summed E-state index contributed by atoms with van der Waals surface area (Å²) in [6, 6.07) is 6.08. The number of hydrogen-bond acceptors (Lipinski definition) is 3. The molecule has 1 aliphatic carbocycles. The van der Waals surface area contributed by atoms with Crippen molar-refractivity contribution in [3.8, 4) is 0 Å². The number of nitrogens with one attached hydrogen (secondary N) is 2. The first-order valence-corrected chi connectivity index (χ1v) is 9.70. The van der Waals surface area contributed by atoms with E-state index in [1.807, 2.05) is 25.1 Å². The molecule has 0 atom stereocenters. The van der Waals surface area contributed by atoms with Gasteiger partial charge in [-0.15, -0.1) is 24.0 Å². The molecular weight excluding hydrogens is 439 g/mol. The molecule has 5 nitrogen and oxygen atoms in total. The third-order valence-electron chi connectivity index (χ3n) is 4.97. The highest BCUT2D eigenvalue weighted by atomic mass is 127. The quantitative estimate of drug-likeness (QED) is 0.246. The van der Waals surface area contributed by atoms with Crippen molar-refractivity contribution in [1.82, 2.24) is 15.6 Å². The Morgan fingerprint density at radius 2 is 2.00 bits per heavy atom. The number of aryl methyl sites for hydroxylation is 1. The lowest BCUT2D eigenvalue weighted by atomic mass is 9.83. The second kappa shape index (κ2) is 12.5. The largest absolute Gasteiger partial charge is 0.382 e. The lowest BCUT2D eigenvalue weighted by Crippen LogP contribution is -2.43. The van der Waals surface area contributed by atoms with E-state index >= 15 is 0 Å². The van der Waals surface area contributed by atoms with Crippen molar-refractivity contribution in [3.05, 3.63) is 29.6 Å². The van der Waals surface area contributed by atoms with Crippen LogP contribution in [0.2, 0.25) is 0 Å². The van der Waals surface area contributed by atoms with Crippen molar-refractivity contribution < 1.29 is 4.74 Å². The van der Waals surface area contributed by atoms with Crippen LogP contribution in [0.5, 0.6) is 0 Å². The van der Waals surface area contributed by atoms with Crippen LogP contribution in [0.15, 0.2) is 23.2 Å². The summed E-state index contributed by atoms with van der Waals surface area (Å²) in [4.78, 5) is 9.24. The van der Waals surface area contributed by atoms with Crippen molar-refractivity contribution in [2.45, 2.75) is 59.4 Å². The number of rotatable bonds is 9. The summed E-state index contributed by atoms with van der Waals surface area (Å²) in [5.41, 5.74) is 2.39. The summed E-state index contributed by atoms with van der Waals surface area (Å²) in [6.07, 6.45) is 6.36. The molecule has 0 bridgehead atoms. The maximum absolute atomic E-state index is 5.61. The number of halogens is 1. The molecule has 0 amide bonds. The molecule has 0 aliphatic heterocycles. The van der Waals surface area contributed by atoms with Crippen molar-refractivity contribution in [2.75, 3.05) is 26.3 Å². The average molecular weight is 474 g/mol. The number of nitrogens with zero attached hydrogens (tertiary/aromatic N) is 2. The number of pyridine rings is 1. The Labute approximate surface area is 175 Å². The van der Waals surface area contributed by atoms with Gasteiger partial charge in [-0.05, 0) is 57.6 Å². The van der Waals surface area contributed by atoms with Gasteiger partial charge in [0.1, 0.15) is 0 Å². The van der Waals surface area contributed by atoms with Gasteiger partial charge in [-0.3, -0.25) is 4.98 Å². The molecule has 1 fully saturated rings. The van der Waals surface area contributed by atoms with Crippen molar-refractivity contribution >= 4 is 29.9 Å². The van der Waals surface area contributed by atoms with Crippen LogP contribution in [0.3, 0.4) is 0 Å². The normalized spacial score (nSPS) is 16.2. The van der Waals surface area contributed by atoms with E-state index in [1.54, 1.807) is 0 Å². The van der Waals surface area contributed by atoms with Crippen LogP contribution in [0.25, 0.3) is 0 Å². The summed E-state index contributed by atoms with van der Waals surface area (Å²) in [5, 5.41) is 6.93. The number of ether oxygens (including phenoxy) is 1. The number of aliphatic imine (C=N–C) groups is 1. The van der Waals surface area contributed by atoms with Gasteiger partial charge >= 0.3 is 0 Å². The molecular formula is C20H35IN4O. The van der Waals surface area contributed by atoms with Crippen LogP contribution in [0.1, 0.15) is 57.3 Å². The van der Waals surface area contributed by atoms with E-state index in [4.69, 9.17) is 9.73 Å². The van der Waals surface area contributed by atoms with Gasteiger partial charge < -0.3 is 15.4 Å². The van der Waals surface area contributed by atoms with Gasteiger partial charge in [-0.25, -0.2) is 4.99 Å². The van der Waals surface area contributed by atoms with Gasteiger partial charge in [0.2, 0.25) is 0 Å². The molecule has 0 saturated heterocycles. The Morgan fingerprint density at radius 3 is 2.65 bits per heavy atom. The second-order valence-corrected chi connectivity index (χ2v) is 6.97. The van der Waals surface area contributed by atoms with Crippen molar-refractivity contribution in [2.24, 2.45) is 10.4 Å². The first-order valence-electron chi connectivity index (χ1n) is 9.70. The summed E-state index contributed by atoms with van der Waals surface area (Å²) in [5.74, 6) is 0.883. The fraction of sp³-hybridized carbons (Fsp3) is 0.700. The molecule has 0 spiro atoms. The highest BCUT2D eigenvalue weighted by Crippen LogP contribution is 2.40. The summed E-state index contributed by atoms with van der Waals surface area (Å²) in [7, 11) is 0. The second-order valence-electron chi connectivity index (χ2n) is 6.97. The maximum Gasteiger partial charge on any atom is 0.191 e. The Morgan fingerprint density at radius 1 is 1.23 bits per heavy atom. The molecule has 26 heavy (non-hydrogen) atoms. The highest BCUT2D eigenvalue weighted by Gasteiger charge is 2.33. The van der Waals surface area contributed by atoms with Crippen LogP contribution < -0.4 is 10.6 Å². The maximum atomic E-state index is 5.61. The van der Waals surface area contributed by atoms with E-state index in [1.165, 1.54) is 25.7 Å². The zero-order valence-electron chi connectivity index (χ0n) is 16.5. The minimum absolute atomic E-state index is 0. The van der Waals surface area contributed by atoms with E-state index in [0.29, 0.717) is 12.0 Å². The number of guanidine groups is 1. The molecule has 1 aromatic heterocycles. The first-order chi connectivity index (χ1) is 12.2. The van der Waals surface area contributed by atoms with E-state index in [2.05, 4.69) is 29.5 Å². The molecule has 2 rings (SSSR count). The van der Waals surface area contributed by atoms with Gasteiger partial charge in [-0.2, -0.15) is 0 Å². The van der Waals surface area contributed by atoms with Gasteiger partial charge in [0.05, 0.1) is 12.2 Å². The first kappa shape index (κ1) is 23.1. The molecule has 0 aromatic carbocycles. The van der Waals surface area contributed by atoms with Crippen LogP contribution in [0, 0.1) is 12.3 Å². The lowest BCUT2D eigenvalue weighted by Gasteiger charge is -2.30. The zero-order chi connectivity index (χ0) is 18.0. The molecule has 6 heteroatoms. The lowest BCUT2D eigenvalue weighted by molar-refractivity contribution is 0.105. The monoisotopic (exact) mass is 474 g/mol. The number of aromatic nitrogens is 1. The molecule has 0 radical (unpaired) electrons. The Hall–Kier alpha value is -0.890. The predicted octanol–water partition coefficient (Wildman–Crippen LogP) is 4.05. The van der Waals surface area contributed by atoms with Gasteiger partial charge in [0, 0.05) is 32.0 Å². The standard InChI is InChI=1S/C20H34N4O.HI/c1-4-21-19(22-15-18-10-8-9-17(3)24-18)23-16-20(11-6-7-12-20)13-14-25-5-2;/h8-10H,4-7,11-16H2,1-3H3,(H2,21,22,23);1H. The smallest absolute Gasteiger partial charge is 0.191 e. The Balaban J connectivity index is 0.00000338. The third-order valence-corrected chi connectivity index (χ3v) is 4.97. The topological polar surface area (TPSA) is 58.5 Å². The Kier molecular flexibility index (Phi) is 11.1. The molecule has 148 valence electrons. The van der Waals surface area contributed by atoms with Crippen LogP contribution >= 0.6 is 24.0 Å². The van der Waals surface area contributed by atoms with E-state index in [-0.39, 0.29) is 24.0 Å². The average Bonchev–Trinajstić information content (AvgIpc) is 3.07. The van der Waals surface area contributed by atoms with E-state index in [0.717, 1.165) is 50.1 Å². The molecule has 1 aromatic rings. The van der Waals surface area contributed by atoms with Gasteiger partial charge in [0.25, 0.3) is 0 Å². The molecule has 2 N–H and O–H groups in total. The molecule has 0 unspecified atom stereocenters. The zero-order valence-corrected chi connectivity index (χ0v) is 18.8. The summed E-state index contributed by atoms with van der Waals surface area (Å²) < 4.78 is 5.61. The predicted molar refractivity (Wildman–Crippen MR) is 119 cm³/mol. The third kappa shape index (κ3) is 7.78. The minimum Gasteiger partial charge on any atom is -0.382 e. The van der Waals surface area contributed by atoms with E-state index in [9.17, 15) is 0 Å². The summed E-state index contributed by atoms with van der Waals surface area (Å²) >= 11 is 0. The van der Waals surface area contributed by atoms with Gasteiger partial charge in [0.15, 0.2) is 5.96 Å². The Bertz CT molecular complexity index is 544. The van der Waals surface area contributed by atoms with Crippen molar-refractivity contribution in [1.29, 1.82) is 0 Å². The van der Waals surface area contributed by atoms with Crippen LogP contribution in [-0.2, 0) is 11.3 Å². The van der Waals surface area contributed by atoms with Gasteiger partial charge in [-0.1, -0.05) is 18.9 Å². The number of hydrogen-bond donors (Lipinski definition) is 2. The fourth-order valence-electron chi connectivity index (χ4n) is 3.53. The van der Waals surface area contributed by atoms with Crippen molar-refractivity contribution in [3.63, 3.8) is 0 Å².